The first kappa shape index (κ1) is 16.7. The third kappa shape index (κ3) is 3.23. The first-order valence-electron chi connectivity index (χ1n) is 8.26. The molecule has 4 nitrogen and oxygen atoms in total. The van der Waals surface area contributed by atoms with Gasteiger partial charge in [0.25, 0.3) is 0 Å². The van der Waals surface area contributed by atoms with Gasteiger partial charge in [-0.3, -0.25) is 4.79 Å². The normalized spacial score (nSPS) is 14.3. The highest BCUT2D eigenvalue weighted by Crippen LogP contribution is 2.34. The van der Waals surface area contributed by atoms with Gasteiger partial charge in [0.05, 0.1) is 13.2 Å². The lowest BCUT2D eigenvalue weighted by molar-refractivity contribution is 0.121. The first-order valence-corrected chi connectivity index (χ1v) is 9.14. The van der Waals surface area contributed by atoms with Gasteiger partial charge in [-0.15, -0.1) is 11.3 Å². The average Bonchev–Trinajstić information content (AvgIpc) is 3.09. The van der Waals surface area contributed by atoms with Crippen LogP contribution >= 0.6 is 11.3 Å². The van der Waals surface area contributed by atoms with Crippen molar-refractivity contribution in [3.05, 3.63) is 52.0 Å². The molecule has 1 aliphatic rings. The van der Waals surface area contributed by atoms with Crippen molar-refractivity contribution in [3.8, 4) is 11.1 Å². The summed E-state index contributed by atoms with van der Waals surface area (Å²) in [7, 11) is 0. The van der Waals surface area contributed by atoms with Gasteiger partial charge in [-0.05, 0) is 5.56 Å². The molecule has 1 aromatic carbocycles. The van der Waals surface area contributed by atoms with Crippen LogP contribution in [0.1, 0.15) is 13.8 Å². The number of hydrogen-bond acceptors (Lipinski definition) is 5. The number of ether oxygens (including phenoxy) is 1. The van der Waals surface area contributed by atoms with Crippen molar-refractivity contribution in [2.45, 2.75) is 13.8 Å². The lowest BCUT2D eigenvalue weighted by Crippen LogP contribution is -2.36. The smallest absolute Gasteiger partial charge is 0.204 e. The molecular formula is C19H21NO3S. The number of benzene rings is 1. The topological polar surface area (TPSA) is 42.7 Å². The van der Waals surface area contributed by atoms with E-state index in [1.165, 1.54) is 11.3 Å². The number of nitrogens with zero attached hydrogens (tertiary/aromatic N) is 1. The Bertz CT molecular complexity index is 848. The zero-order valence-electron chi connectivity index (χ0n) is 14.0. The minimum Gasteiger partial charge on any atom is -0.439 e. The van der Waals surface area contributed by atoms with Crippen molar-refractivity contribution < 1.29 is 9.15 Å². The van der Waals surface area contributed by atoms with Gasteiger partial charge in [-0.2, -0.15) is 0 Å². The molecule has 3 heterocycles. The molecule has 0 N–H and O–H groups in total. The summed E-state index contributed by atoms with van der Waals surface area (Å²) in [5.74, 6) is 0.636. The molecule has 0 radical (unpaired) electrons. The Morgan fingerprint density at radius 2 is 1.79 bits per heavy atom. The summed E-state index contributed by atoms with van der Waals surface area (Å²) >= 11 is 1.44. The Morgan fingerprint density at radius 1 is 1.08 bits per heavy atom. The van der Waals surface area contributed by atoms with E-state index in [2.05, 4.69) is 4.90 Å². The largest absolute Gasteiger partial charge is 0.439 e. The van der Waals surface area contributed by atoms with Crippen molar-refractivity contribution in [1.82, 2.24) is 0 Å². The molecule has 24 heavy (non-hydrogen) atoms. The minimum absolute atomic E-state index is 0.0231. The van der Waals surface area contributed by atoms with E-state index in [0.717, 1.165) is 24.2 Å². The van der Waals surface area contributed by atoms with Gasteiger partial charge in [0.15, 0.2) is 11.5 Å². The second kappa shape index (κ2) is 7.64. The van der Waals surface area contributed by atoms with Crippen LogP contribution in [0.15, 0.2) is 51.0 Å². The molecule has 1 aliphatic heterocycles. The summed E-state index contributed by atoms with van der Waals surface area (Å²) in [5, 5.41) is 1.99. The highest BCUT2D eigenvalue weighted by molar-refractivity contribution is 7.17. The highest BCUT2D eigenvalue weighted by atomic mass is 32.1. The molecule has 5 heteroatoms. The molecule has 0 spiro atoms. The van der Waals surface area contributed by atoms with E-state index >= 15 is 0 Å². The van der Waals surface area contributed by atoms with Crippen LogP contribution in [0.25, 0.3) is 21.4 Å². The van der Waals surface area contributed by atoms with Crippen molar-refractivity contribution in [3.63, 3.8) is 0 Å². The lowest BCUT2D eigenvalue weighted by Gasteiger charge is -2.27. The molecule has 0 unspecified atom stereocenters. The first-order chi connectivity index (χ1) is 11.8. The van der Waals surface area contributed by atoms with E-state index in [9.17, 15) is 4.79 Å². The molecule has 0 saturated carbocycles. The molecule has 126 valence electrons. The van der Waals surface area contributed by atoms with Crippen molar-refractivity contribution in [2.24, 2.45) is 0 Å². The predicted molar refractivity (Wildman–Crippen MR) is 100 cm³/mol. The third-order valence-electron chi connectivity index (χ3n) is 3.84. The maximum Gasteiger partial charge on any atom is 0.204 e. The van der Waals surface area contributed by atoms with Crippen molar-refractivity contribution >= 4 is 27.5 Å². The molecule has 2 aromatic heterocycles. The van der Waals surface area contributed by atoms with Gasteiger partial charge in [0.2, 0.25) is 5.43 Å². The zero-order chi connectivity index (χ0) is 16.9. The zero-order valence-corrected chi connectivity index (χ0v) is 14.8. The molecule has 4 rings (SSSR count). The SMILES string of the molecule is CC.O=c1cc(N2CCOCC2)oc2c(-c3ccccc3)csc12. The van der Waals surface area contributed by atoms with E-state index in [4.69, 9.17) is 9.15 Å². The molecule has 1 saturated heterocycles. The van der Waals surface area contributed by atoms with Crippen LogP contribution in [0.4, 0.5) is 5.88 Å². The average molecular weight is 343 g/mol. The molecule has 0 atom stereocenters. The molecular weight excluding hydrogens is 322 g/mol. The van der Waals surface area contributed by atoms with E-state index in [1.54, 1.807) is 6.07 Å². The van der Waals surface area contributed by atoms with Gasteiger partial charge < -0.3 is 14.1 Å². The Morgan fingerprint density at radius 3 is 2.50 bits per heavy atom. The third-order valence-corrected chi connectivity index (χ3v) is 4.81. The molecule has 0 amide bonds. The monoisotopic (exact) mass is 343 g/mol. The van der Waals surface area contributed by atoms with Crippen LogP contribution in [0.3, 0.4) is 0 Å². The summed E-state index contributed by atoms with van der Waals surface area (Å²) < 4.78 is 12.1. The van der Waals surface area contributed by atoms with Crippen LogP contribution in [-0.4, -0.2) is 26.3 Å². The second-order valence-electron chi connectivity index (χ2n) is 5.22. The van der Waals surface area contributed by atoms with Crippen LogP contribution in [-0.2, 0) is 4.74 Å². The number of anilines is 1. The minimum atomic E-state index is 0.0231. The number of rotatable bonds is 2. The van der Waals surface area contributed by atoms with Crippen LogP contribution in [0.2, 0.25) is 0 Å². The molecule has 0 aliphatic carbocycles. The molecule has 0 bridgehead atoms. The number of morpholine rings is 1. The van der Waals surface area contributed by atoms with E-state index in [-0.39, 0.29) is 5.43 Å². The Kier molecular flexibility index (Phi) is 5.33. The Labute approximate surface area is 145 Å². The van der Waals surface area contributed by atoms with Gasteiger partial charge in [0.1, 0.15) is 4.70 Å². The maximum absolute atomic E-state index is 12.4. The summed E-state index contributed by atoms with van der Waals surface area (Å²) in [6, 6.07) is 11.6. The van der Waals surface area contributed by atoms with E-state index in [1.807, 2.05) is 49.6 Å². The van der Waals surface area contributed by atoms with Crippen LogP contribution in [0, 0.1) is 0 Å². The van der Waals surface area contributed by atoms with Crippen molar-refractivity contribution in [1.29, 1.82) is 0 Å². The number of thiophene rings is 1. The standard InChI is InChI=1S/C17H15NO3S.C2H6/c19-14-10-15(18-6-8-20-9-7-18)21-16-13(11-22-17(14)16)12-4-2-1-3-5-12;1-2/h1-5,10-11H,6-9H2;1-2H3. The van der Waals surface area contributed by atoms with E-state index in [0.29, 0.717) is 29.4 Å². The fourth-order valence-electron chi connectivity index (χ4n) is 2.69. The lowest BCUT2D eigenvalue weighted by atomic mass is 10.1. The predicted octanol–water partition coefficient (Wildman–Crippen LogP) is 4.38. The van der Waals surface area contributed by atoms with Crippen molar-refractivity contribution in [2.75, 3.05) is 31.2 Å². The summed E-state index contributed by atoms with van der Waals surface area (Å²) in [6.07, 6.45) is 0. The molecule has 3 aromatic rings. The molecule has 1 fully saturated rings. The van der Waals surface area contributed by atoms with Crippen LogP contribution in [0.5, 0.6) is 0 Å². The van der Waals surface area contributed by atoms with Gasteiger partial charge in [-0.25, -0.2) is 0 Å². The Hall–Kier alpha value is -2.11. The fraction of sp³-hybridized carbons (Fsp3) is 0.316. The Balaban J connectivity index is 0.000000815. The maximum atomic E-state index is 12.4. The fourth-order valence-corrected chi connectivity index (χ4v) is 3.60. The second-order valence-corrected chi connectivity index (χ2v) is 6.10. The van der Waals surface area contributed by atoms with Crippen LogP contribution < -0.4 is 10.3 Å². The summed E-state index contributed by atoms with van der Waals surface area (Å²) in [6.45, 7) is 6.83. The van der Waals surface area contributed by atoms with Gasteiger partial charge >= 0.3 is 0 Å². The quantitative estimate of drug-likeness (QED) is 0.692. The van der Waals surface area contributed by atoms with Gasteiger partial charge in [0, 0.05) is 30.1 Å². The van der Waals surface area contributed by atoms with E-state index < -0.39 is 0 Å². The summed E-state index contributed by atoms with van der Waals surface area (Å²) in [5.41, 5.74) is 2.75. The number of hydrogen-bond donors (Lipinski definition) is 0. The highest BCUT2D eigenvalue weighted by Gasteiger charge is 2.18. The summed E-state index contributed by atoms with van der Waals surface area (Å²) in [4.78, 5) is 14.4. The number of fused-ring (bicyclic) bond motifs is 1. The van der Waals surface area contributed by atoms with Gasteiger partial charge in [-0.1, -0.05) is 44.2 Å².